The third-order valence-electron chi connectivity index (χ3n) is 6.87. The third kappa shape index (κ3) is 4.36. The summed E-state index contributed by atoms with van der Waals surface area (Å²) in [6, 6.07) is 11.6. The number of ether oxygens (including phenoxy) is 1. The lowest BCUT2D eigenvalue weighted by atomic mass is 9.95. The fourth-order valence-electron chi connectivity index (χ4n) is 4.56. The number of halogens is 1. The van der Waals surface area contributed by atoms with Crippen molar-refractivity contribution in [1.29, 1.82) is 10.7 Å². The first-order valence-corrected chi connectivity index (χ1v) is 12.4. The molecule has 1 atom stereocenters. The Morgan fingerprint density at radius 2 is 1.91 bits per heavy atom. The van der Waals surface area contributed by atoms with Crippen LogP contribution in [0.5, 0.6) is 5.75 Å². The van der Waals surface area contributed by atoms with Gasteiger partial charge in [-0.15, -0.1) is 0 Å². The largest absolute Gasteiger partial charge is 0.490 e. The lowest BCUT2D eigenvalue weighted by Crippen LogP contribution is -2.46. The minimum atomic E-state index is -0.646. The van der Waals surface area contributed by atoms with Gasteiger partial charge in [0.25, 0.3) is 0 Å². The third-order valence-corrected chi connectivity index (χ3v) is 7.52. The van der Waals surface area contributed by atoms with Gasteiger partial charge in [-0.05, 0) is 75.3 Å². The number of pyridine rings is 1. The fourth-order valence-corrected chi connectivity index (χ4v) is 5.26. The van der Waals surface area contributed by atoms with Gasteiger partial charge >= 0.3 is 0 Å². The number of nitrogens with one attached hydrogen (secondary N) is 1. The molecule has 0 bridgehead atoms. The molecule has 0 spiro atoms. The zero-order valence-electron chi connectivity index (χ0n) is 19.7. The van der Waals surface area contributed by atoms with Crippen molar-refractivity contribution in [2.75, 3.05) is 29.4 Å². The minimum absolute atomic E-state index is 0.146. The zero-order chi connectivity index (χ0) is 24.5. The molecule has 2 aromatic rings. The first kappa shape index (κ1) is 24.4. The Kier molecular flexibility index (Phi) is 7.08. The predicted octanol–water partition coefficient (Wildman–Crippen LogP) is 5.23. The summed E-state index contributed by atoms with van der Waals surface area (Å²) in [5, 5.41) is 18.8. The van der Waals surface area contributed by atoms with E-state index in [1.807, 2.05) is 49.1 Å². The van der Waals surface area contributed by atoms with Crippen LogP contribution in [0, 0.1) is 16.7 Å². The molecule has 0 aliphatic carbocycles. The number of anilines is 2. The number of thiocarbonyl (C=S) groups is 1. The quantitative estimate of drug-likeness (QED) is 0.548. The van der Waals surface area contributed by atoms with Crippen molar-refractivity contribution >= 4 is 46.1 Å². The van der Waals surface area contributed by atoms with Gasteiger partial charge in [0.1, 0.15) is 29.3 Å². The van der Waals surface area contributed by atoms with Crippen LogP contribution >= 0.6 is 23.8 Å². The molecule has 1 unspecified atom stereocenters. The number of likely N-dealkylation sites (tertiary alicyclic amines) is 1. The van der Waals surface area contributed by atoms with Crippen molar-refractivity contribution < 1.29 is 4.74 Å². The lowest BCUT2D eigenvalue weighted by molar-refractivity contribution is 0.104. The molecule has 9 heteroatoms. The van der Waals surface area contributed by atoms with Gasteiger partial charge in [-0.1, -0.05) is 25.4 Å². The van der Waals surface area contributed by atoms with Crippen molar-refractivity contribution in [3.8, 4) is 11.8 Å². The molecule has 34 heavy (non-hydrogen) atoms. The van der Waals surface area contributed by atoms with Gasteiger partial charge in [-0.2, -0.15) is 5.26 Å². The first-order chi connectivity index (χ1) is 16.3. The zero-order valence-corrected chi connectivity index (χ0v) is 21.3. The minimum Gasteiger partial charge on any atom is -0.490 e. The fraction of sp³-hybridized carbons (Fsp3) is 0.440. The number of hydrogen-bond acceptors (Lipinski definition) is 6. The Morgan fingerprint density at radius 1 is 1.24 bits per heavy atom. The second kappa shape index (κ2) is 9.87. The molecule has 4 rings (SSSR count). The Morgan fingerprint density at radius 3 is 2.47 bits per heavy atom. The highest BCUT2D eigenvalue weighted by Crippen LogP contribution is 2.39. The van der Waals surface area contributed by atoms with Gasteiger partial charge in [0, 0.05) is 18.8 Å². The van der Waals surface area contributed by atoms with Crippen LogP contribution < -0.4 is 14.5 Å². The highest BCUT2D eigenvalue weighted by Gasteiger charge is 2.49. The maximum atomic E-state index is 9.14. The van der Waals surface area contributed by atoms with Crippen molar-refractivity contribution in [1.82, 2.24) is 9.88 Å². The maximum absolute atomic E-state index is 9.14. The average Bonchev–Trinajstić information content (AvgIpc) is 3.05. The number of rotatable bonds is 6. The van der Waals surface area contributed by atoms with Gasteiger partial charge in [-0.3, -0.25) is 10.3 Å². The van der Waals surface area contributed by atoms with Gasteiger partial charge < -0.3 is 14.5 Å². The topological polar surface area (TPSA) is 79.5 Å². The van der Waals surface area contributed by atoms with Gasteiger partial charge in [-0.25, -0.2) is 4.98 Å². The normalized spacial score (nSPS) is 21.7. The lowest BCUT2D eigenvalue weighted by Gasteiger charge is -2.34. The molecule has 2 aliphatic heterocycles. The molecule has 1 N–H and O–H groups in total. The van der Waals surface area contributed by atoms with Gasteiger partial charge in [0.15, 0.2) is 10.8 Å². The highest BCUT2D eigenvalue weighted by atomic mass is 35.5. The van der Waals surface area contributed by atoms with E-state index in [-0.39, 0.29) is 16.8 Å². The molecule has 1 aromatic carbocycles. The molecular weight excluding hydrogens is 468 g/mol. The van der Waals surface area contributed by atoms with Crippen LogP contribution in [0.2, 0.25) is 5.02 Å². The van der Waals surface area contributed by atoms with E-state index in [0.29, 0.717) is 23.1 Å². The predicted molar refractivity (Wildman–Crippen MR) is 140 cm³/mol. The van der Waals surface area contributed by atoms with E-state index >= 15 is 0 Å². The number of amidine groups is 1. The summed E-state index contributed by atoms with van der Waals surface area (Å²) in [4.78, 5) is 10.2. The van der Waals surface area contributed by atoms with Crippen LogP contribution in [0.1, 0.15) is 45.7 Å². The first-order valence-electron chi connectivity index (χ1n) is 11.6. The molecule has 3 heterocycles. The van der Waals surface area contributed by atoms with Crippen molar-refractivity contribution in [2.24, 2.45) is 0 Å². The maximum Gasteiger partial charge on any atom is 0.187 e. The van der Waals surface area contributed by atoms with Gasteiger partial charge in [0.2, 0.25) is 0 Å². The van der Waals surface area contributed by atoms with E-state index in [1.54, 1.807) is 11.0 Å². The second-order valence-electron chi connectivity index (χ2n) is 8.81. The SMILES string of the molecule is CCN1CCC(Oc2ccc(N3C(=S)N(c4cnc(C#N)c(Cl)c4)C(=N)C3(C)CC)cc2)CC1. The Labute approximate surface area is 211 Å². The molecule has 178 valence electrons. The molecule has 7 nitrogen and oxygen atoms in total. The molecule has 2 aliphatic rings. The number of nitrogens with zero attached hydrogens (tertiary/aromatic N) is 5. The van der Waals surface area contributed by atoms with E-state index < -0.39 is 5.54 Å². The number of piperidine rings is 1. The molecule has 0 radical (unpaired) electrons. The number of aromatic nitrogens is 1. The number of nitriles is 1. The van der Waals surface area contributed by atoms with Crippen LogP contribution in [0.15, 0.2) is 36.5 Å². The van der Waals surface area contributed by atoms with Crippen LogP contribution in [-0.4, -0.2) is 52.1 Å². The molecule has 0 saturated carbocycles. The summed E-state index contributed by atoms with van der Waals surface area (Å²) < 4.78 is 6.24. The summed E-state index contributed by atoms with van der Waals surface area (Å²) in [5.74, 6) is 1.18. The highest BCUT2D eigenvalue weighted by molar-refractivity contribution is 7.81. The van der Waals surface area contributed by atoms with Crippen molar-refractivity contribution in [3.63, 3.8) is 0 Å². The van der Waals surface area contributed by atoms with E-state index in [4.69, 9.17) is 39.2 Å². The Balaban J connectivity index is 1.57. The molecule has 2 saturated heterocycles. The molecule has 2 fully saturated rings. The van der Waals surface area contributed by atoms with Crippen LogP contribution in [0.3, 0.4) is 0 Å². The summed E-state index contributed by atoms with van der Waals surface area (Å²) in [6.07, 6.45) is 4.51. The van der Waals surface area contributed by atoms with E-state index in [2.05, 4.69) is 16.8 Å². The van der Waals surface area contributed by atoms with Crippen LogP contribution in [0.25, 0.3) is 0 Å². The monoisotopic (exact) mass is 496 g/mol. The number of benzene rings is 1. The summed E-state index contributed by atoms with van der Waals surface area (Å²) >= 11 is 12.1. The van der Waals surface area contributed by atoms with Crippen LogP contribution in [0.4, 0.5) is 11.4 Å². The Bertz CT molecular complexity index is 1130. The van der Waals surface area contributed by atoms with Crippen molar-refractivity contribution in [2.45, 2.75) is 51.7 Å². The molecule has 1 aromatic heterocycles. The summed E-state index contributed by atoms with van der Waals surface area (Å²) in [7, 11) is 0. The van der Waals surface area contributed by atoms with E-state index in [9.17, 15) is 0 Å². The van der Waals surface area contributed by atoms with Crippen LogP contribution in [-0.2, 0) is 0 Å². The second-order valence-corrected chi connectivity index (χ2v) is 9.58. The average molecular weight is 497 g/mol. The standard InChI is InChI=1S/C25H29ClN6OS/c1-4-25(3)23(28)31(18-14-21(26)22(15-27)29-16-18)24(34)32(25)17-6-8-19(9-7-17)33-20-10-12-30(5-2)13-11-20/h6-9,14,16,20,28H,4-5,10-13H2,1-3H3. The van der Waals surface area contributed by atoms with Crippen molar-refractivity contribution in [3.05, 3.63) is 47.2 Å². The summed E-state index contributed by atoms with van der Waals surface area (Å²) in [6.45, 7) is 9.47. The van der Waals surface area contributed by atoms with E-state index in [0.717, 1.165) is 43.9 Å². The molecular formula is C25H29ClN6OS. The smallest absolute Gasteiger partial charge is 0.187 e. The number of hydrogen-bond donors (Lipinski definition) is 1. The Hall–Kier alpha value is -2.73. The summed E-state index contributed by atoms with van der Waals surface area (Å²) in [5.41, 5.74) is 0.961. The molecule has 0 amide bonds. The van der Waals surface area contributed by atoms with E-state index in [1.165, 1.54) is 6.20 Å². The van der Waals surface area contributed by atoms with Gasteiger partial charge in [0.05, 0.1) is 16.9 Å².